The fourth-order valence-electron chi connectivity index (χ4n) is 4.49. The molecule has 2 aliphatic heterocycles. The Balaban J connectivity index is 1.32. The first-order valence-electron chi connectivity index (χ1n) is 11.4. The van der Waals surface area contributed by atoms with Crippen LogP contribution in [0.25, 0.3) is 10.9 Å². The number of likely N-dealkylation sites (tertiary alicyclic amines) is 1. The fourth-order valence-corrected chi connectivity index (χ4v) is 4.67. The van der Waals surface area contributed by atoms with Crippen molar-refractivity contribution in [2.75, 3.05) is 37.4 Å². The number of amides is 1. The summed E-state index contributed by atoms with van der Waals surface area (Å²) < 4.78 is 24.9. The number of halogens is 2. The summed E-state index contributed by atoms with van der Waals surface area (Å²) in [6.07, 6.45) is 7.66. The van der Waals surface area contributed by atoms with Gasteiger partial charge in [-0.15, -0.1) is 0 Å². The lowest BCUT2D eigenvalue weighted by molar-refractivity contribution is -0.111. The maximum Gasteiger partial charge on any atom is 0.248 e. The Labute approximate surface area is 207 Å². The zero-order valence-electron chi connectivity index (χ0n) is 19.1. The molecule has 10 heteroatoms. The van der Waals surface area contributed by atoms with Crippen LogP contribution in [-0.2, 0) is 9.53 Å². The molecular weight excluding hydrogens is 473 g/mol. The number of fused-ring (bicyclic) bond motifs is 3. The summed E-state index contributed by atoms with van der Waals surface area (Å²) in [6, 6.07) is 7.78. The number of nitrogens with zero attached hydrogens (tertiary/aromatic N) is 3. The summed E-state index contributed by atoms with van der Waals surface area (Å²) in [6.45, 7) is 2.49. The lowest BCUT2D eigenvalue weighted by atomic mass is 10.1. The number of carbonyl (C=O) groups is 1. The molecule has 3 aromatic rings. The first-order chi connectivity index (χ1) is 17.0. The molecule has 2 bridgehead atoms. The van der Waals surface area contributed by atoms with Crippen LogP contribution in [0.4, 0.5) is 21.6 Å². The maximum absolute atomic E-state index is 13.5. The molecule has 1 aromatic heterocycles. The van der Waals surface area contributed by atoms with Crippen molar-refractivity contribution in [3.8, 4) is 5.75 Å². The van der Waals surface area contributed by atoms with Gasteiger partial charge in [-0.05, 0) is 37.1 Å². The van der Waals surface area contributed by atoms with Crippen LogP contribution < -0.4 is 15.4 Å². The number of hydrogen-bond acceptors (Lipinski definition) is 7. The highest BCUT2D eigenvalue weighted by Crippen LogP contribution is 2.33. The van der Waals surface area contributed by atoms with Crippen LogP contribution >= 0.6 is 11.6 Å². The van der Waals surface area contributed by atoms with Crippen molar-refractivity contribution in [3.63, 3.8) is 0 Å². The molecule has 0 radical (unpaired) electrons. The van der Waals surface area contributed by atoms with Crippen molar-refractivity contribution in [2.24, 2.45) is 0 Å². The van der Waals surface area contributed by atoms with Crippen LogP contribution in [0.5, 0.6) is 5.75 Å². The van der Waals surface area contributed by atoms with Crippen molar-refractivity contribution < 1.29 is 18.7 Å². The van der Waals surface area contributed by atoms with Crippen LogP contribution in [0.1, 0.15) is 12.8 Å². The summed E-state index contributed by atoms with van der Waals surface area (Å²) in [5.74, 6) is 0.177. The topological polar surface area (TPSA) is 88.6 Å². The van der Waals surface area contributed by atoms with Crippen LogP contribution in [0.15, 0.2) is 48.8 Å². The molecule has 0 aliphatic carbocycles. The Bertz CT molecular complexity index is 1280. The molecule has 0 spiro atoms. The number of anilines is 3. The predicted molar refractivity (Wildman–Crippen MR) is 133 cm³/mol. The van der Waals surface area contributed by atoms with Crippen LogP contribution in [0.3, 0.4) is 0 Å². The van der Waals surface area contributed by atoms with E-state index in [4.69, 9.17) is 21.1 Å². The molecule has 2 N–H and O–H groups in total. The predicted octanol–water partition coefficient (Wildman–Crippen LogP) is 4.53. The fraction of sp³-hybridized carbons (Fsp3) is 0.320. The second-order valence-electron chi connectivity index (χ2n) is 8.61. The summed E-state index contributed by atoms with van der Waals surface area (Å²) in [7, 11) is 1.53. The van der Waals surface area contributed by atoms with Gasteiger partial charge < -0.3 is 20.1 Å². The Morgan fingerprint density at radius 2 is 2.06 bits per heavy atom. The van der Waals surface area contributed by atoms with Crippen molar-refractivity contribution in [2.45, 2.75) is 25.0 Å². The molecular formula is C25H25ClFN5O3. The standard InChI is InChI=1S/C25H25ClFN5O3/c1-34-23-11-21-18(25(29-14-28-21)30-15-4-7-20(27)19(26)9-15)10-22(23)31-24(33)3-2-8-32-12-16-5-6-17(13-32)35-16/h2-4,7,9-11,14,16-17H,5-6,8,12-13H2,1H3,(H,31,33)(H,28,29,30)/b3-2+. The van der Waals surface area contributed by atoms with Gasteiger partial charge in [0.1, 0.15) is 23.7 Å². The van der Waals surface area contributed by atoms with E-state index in [0.717, 1.165) is 25.9 Å². The highest BCUT2D eigenvalue weighted by Gasteiger charge is 2.32. The number of rotatable bonds is 7. The van der Waals surface area contributed by atoms with Crippen LogP contribution in [-0.4, -0.2) is 59.7 Å². The molecule has 35 heavy (non-hydrogen) atoms. The number of methoxy groups -OCH3 is 1. The van der Waals surface area contributed by atoms with Crippen molar-refractivity contribution in [1.82, 2.24) is 14.9 Å². The molecule has 2 unspecified atom stereocenters. The summed E-state index contributed by atoms with van der Waals surface area (Å²) in [4.78, 5) is 23.6. The van der Waals surface area contributed by atoms with E-state index in [1.807, 2.05) is 6.08 Å². The summed E-state index contributed by atoms with van der Waals surface area (Å²) >= 11 is 5.90. The monoisotopic (exact) mass is 497 g/mol. The molecule has 182 valence electrons. The normalized spacial score (nSPS) is 19.9. The zero-order chi connectivity index (χ0) is 24.4. The van der Waals surface area contributed by atoms with Crippen molar-refractivity contribution in [1.29, 1.82) is 0 Å². The van der Waals surface area contributed by atoms with Gasteiger partial charge in [0, 0.05) is 42.9 Å². The maximum atomic E-state index is 13.5. The van der Waals surface area contributed by atoms with Gasteiger partial charge >= 0.3 is 0 Å². The molecule has 2 aliphatic rings. The van der Waals surface area contributed by atoms with E-state index >= 15 is 0 Å². The number of nitrogens with one attached hydrogen (secondary N) is 2. The third-order valence-electron chi connectivity index (χ3n) is 6.15. The van der Waals surface area contributed by atoms with Gasteiger partial charge in [0.05, 0.1) is 35.5 Å². The number of aromatic nitrogens is 2. The van der Waals surface area contributed by atoms with E-state index in [1.54, 1.807) is 18.2 Å². The van der Waals surface area contributed by atoms with Gasteiger partial charge in [-0.2, -0.15) is 0 Å². The number of hydrogen-bond donors (Lipinski definition) is 2. The van der Waals surface area contributed by atoms with Crippen molar-refractivity contribution >= 4 is 45.6 Å². The van der Waals surface area contributed by atoms with Gasteiger partial charge in [-0.1, -0.05) is 17.7 Å². The average Bonchev–Trinajstić information content (AvgIpc) is 3.19. The molecule has 2 saturated heterocycles. The third-order valence-corrected chi connectivity index (χ3v) is 6.44. The summed E-state index contributed by atoms with van der Waals surface area (Å²) in [5, 5.41) is 6.66. The zero-order valence-corrected chi connectivity index (χ0v) is 19.9. The molecule has 2 aromatic carbocycles. The minimum atomic E-state index is -0.506. The molecule has 2 fully saturated rings. The number of carbonyl (C=O) groups excluding carboxylic acids is 1. The Hall–Kier alpha value is -3.27. The third kappa shape index (κ3) is 5.37. The van der Waals surface area contributed by atoms with E-state index in [2.05, 4.69) is 25.5 Å². The highest BCUT2D eigenvalue weighted by molar-refractivity contribution is 6.31. The SMILES string of the molecule is COc1cc2ncnc(Nc3ccc(F)c(Cl)c3)c2cc1NC(=O)/C=C/CN1CC2CCC(C1)O2. The minimum Gasteiger partial charge on any atom is -0.494 e. The molecule has 1 amide bonds. The van der Waals surface area contributed by atoms with Gasteiger partial charge in [0.15, 0.2) is 0 Å². The van der Waals surface area contributed by atoms with Crippen LogP contribution in [0, 0.1) is 5.82 Å². The molecule has 8 nitrogen and oxygen atoms in total. The average molecular weight is 498 g/mol. The molecule has 0 saturated carbocycles. The van der Waals surface area contributed by atoms with Gasteiger partial charge in [0.25, 0.3) is 0 Å². The molecule has 2 atom stereocenters. The summed E-state index contributed by atoms with van der Waals surface area (Å²) in [5.41, 5.74) is 1.66. The highest BCUT2D eigenvalue weighted by atomic mass is 35.5. The number of benzene rings is 2. The Kier molecular flexibility index (Phi) is 6.81. The quantitative estimate of drug-likeness (QED) is 0.463. The first-order valence-corrected chi connectivity index (χ1v) is 11.8. The van der Waals surface area contributed by atoms with Crippen molar-refractivity contribution in [3.05, 3.63) is 59.7 Å². The van der Waals surface area contributed by atoms with E-state index in [1.165, 1.54) is 31.6 Å². The van der Waals surface area contributed by atoms with Gasteiger partial charge in [-0.25, -0.2) is 14.4 Å². The van der Waals surface area contributed by atoms with E-state index in [9.17, 15) is 9.18 Å². The number of ether oxygens (including phenoxy) is 2. The van der Waals surface area contributed by atoms with Gasteiger partial charge in [-0.3, -0.25) is 9.69 Å². The minimum absolute atomic E-state index is 0.000461. The smallest absolute Gasteiger partial charge is 0.248 e. The second kappa shape index (κ2) is 10.2. The van der Waals surface area contributed by atoms with Gasteiger partial charge in [0.2, 0.25) is 5.91 Å². The Morgan fingerprint density at radius 1 is 1.26 bits per heavy atom. The lowest BCUT2D eigenvalue weighted by Gasteiger charge is -2.31. The molecule has 3 heterocycles. The van der Waals surface area contributed by atoms with Crippen LogP contribution in [0.2, 0.25) is 5.02 Å². The van der Waals surface area contributed by atoms with E-state index in [-0.39, 0.29) is 10.9 Å². The van der Waals surface area contributed by atoms with E-state index < -0.39 is 5.82 Å². The second-order valence-corrected chi connectivity index (χ2v) is 9.02. The first kappa shape index (κ1) is 23.5. The van der Waals surface area contributed by atoms with E-state index in [0.29, 0.717) is 52.6 Å². The molecule has 5 rings (SSSR count). The Morgan fingerprint density at radius 3 is 2.80 bits per heavy atom. The number of morpholine rings is 1. The largest absolute Gasteiger partial charge is 0.494 e. The lowest BCUT2D eigenvalue weighted by Crippen LogP contribution is -2.42.